The van der Waals surface area contributed by atoms with Crippen molar-refractivity contribution in [3.05, 3.63) is 0 Å². The van der Waals surface area contributed by atoms with Crippen molar-refractivity contribution in [2.75, 3.05) is 24.6 Å². The van der Waals surface area contributed by atoms with Gasteiger partial charge in [-0.05, 0) is 62.6 Å². The van der Waals surface area contributed by atoms with Gasteiger partial charge in [-0.1, -0.05) is 0 Å². The van der Waals surface area contributed by atoms with Gasteiger partial charge in [0.05, 0.1) is 0 Å². The normalized spacial score (nSPS) is 27.4. The van der Waals surface area contributed by atoms with E-state index in [-0.39, 0.29) is 5.91 Å². The molecule has 0 aromatic carbocycles. The van der Waals surface area contributed by atoms with E-state index in [1.54, 1.807) is 0 Å². The Hall–Kier alpha value is -0.220. The molecule has 2 fully saturated rings. The Labute approximate surface area is 108 Å². The first-order valence-electron chi connectivity index (χ1n) is 6.92. The van der Waals surface area contributed by atoms with Crippen LogP contribution in [-0.2, 0) is 4.79 Å². The second-order valence-corrected chi connectivity index (χ2v) is 6.43. The van der Waals surface area contributed by atoms with E-state index < -0.39 is 0 Å². The predicted octanol–water partition coefficient (Wildman–Crippen LogP) is 1.78. The molecular formula is C13H24N2OS. The van der Waals surface area contributed by atoms with Gasteiger partial charge < -0.3 is 10.6 Å². The van der Waals surface area contributed by atoms with Crippen molar-refractivity contribution < 1.29 is 4.79 Å². The third kappa shape index (κ3) is 4.88. The Morgan fingerprint density at radius 1 is 1.18 bits per heavy atom. The van der Waals surface area contributed by atoms with Gasteiger partial charge in [-0.2, -0.15) is 11.8 Å². The summed E-state index contributed by atoms with van der Waals surface area (Å²) in [4.78, 5) is 12.0. The summed E-state index contributed by atoms with van der Waals surface area (Å²) in [6.45, 7) is 2.15. The molecule has 2 rings (SSSR count). The van der Waals surface area contributed by atoms with E-state index in [0.29, 0.717) is 12.0 Å². The van der Waals surface area contributed by atoms with E-state index in [1.807, 2.05) is 11.8 Å². The smallest absolute Gasteiger partial charge is 0.220 e. The molecular weight excluding hydrogens is 232 g/mol. The number of thioether (sulfide) groups is 1. The number of rotatable bonds is 3. The van der Waals surface area contributed by atoms with Gasteiger partial charge in [0, 0.05) is 12.5 Å². The summed E-state index contributed by atoms with van der Waals surface area (Å²) in [5, 5.41) is 6.60. The second-order valence-electron chi connectivity index (χ2n) is 5.21. The van der Waals surface area contributed by atoms with E-state index in [1.165, 1.54) is 30.8 Å². The van der Waals surface area contributed by atoms with Gasteiger partial charge >= 0.3 is 0 Å². The minimum absolute atomic E-state index is 0.286. The molecule has 0 aromatic rings. The standard InChI is InChI=1S/C13H24N2OS/c16-13(10-11-4-8-17-9-5-11)15-12-2-1-6-14-7-3-12/h11-12,14H,1-10H2,(H,15,16). The molecule has 2 heterocycles. The lowest BCUT2D eigenvalue weighted by molar-refractivity contribution is -0.122. The Kier molecular flexibility index (Phi) is 5.65. The summed E-state index contributed by atoms with van der Waals surface area (Å²) in [6, 6.07) is 0.412. The van der Waals surface area contributed by atoms with Crippen LogP contribution in [0.25, 0.3) is 0 Å². The number of carbonyl (C=O) groups excluding carboxylic acids is 1. The third-order valence-electron chi connectivity index (χ3n) is 3.76. The summed E-state index contributed by atoms with van der Waals surface area (Å²) < 4.78 is 0. The Morgan fingerprint density at radius 3 is 2.82 bits per heavy atom. The zero-order chi connectivity index (χ0) is 11.9. The lowest BCUT2D eigenvalue weighted by atomic mass is 9.98. The fourth-order valence-electron chi connectivity index (χ4n) is 2.66. The highest BCUT2D eigenvalue weighted by Gasteiger charge is 2.19. The Morgan fingerprint density at radius 2 is 2.00 bits per heavy atom. The molecule has 0 bridgehead atoms. The molecule has 2 aliphatic heterocycles. The number of hydrogen-bond acceptors (Lipinski definition) is 3. The van der Waals surface area contributed by atoms with E-state index in [4.69, 9.17) is 0 Å². The van der Waals surface area contributed by atoms with Crippen LogP contribution in [0.15, 0.2) is 0 Å². The number of hydrogen-bond donors (Lipinski definition) is 2. The first-order chi connectivity index (χ1) is 8.34. The van der Waals surface area contributed by atoms with Gasteiger partial charge in [0.1, 0.15) is 0 Å². The fraction of sp³-hybridized carbons (Fsp3) is 0.923. The molecule has 2 N–H and O–H groups in total. The maximum Gasteiger partial charge on any atom is 0.220 e. The third-order valence-corrected chi connectivity index (χ3v) is 4.80. The van der Waals surface area contributed by atoms with Crippen LogP contribution >= 0.6 is 11.8 Å². The molecule has 4 heteroatoms. The number of carbonyl (C=O) groups is 1. The molecule has 0 aromatic heterocycles. The summed E-state index contributed by atoms with van der Waals surface area (Å²) in [5.41, 5.74) is 0. The summed E-state index contributed by atoms with van der Waals surface area (Å²) in [6.07, 6.45) is 6.62. The van der Waals surface area contributed by atoms with Gasteiger partial charge in [-0.15, -0.1) is 0 Å². The molecule has 1 atom stereocenters. The topological polar surface area (TPSA) is 41.1 Å². The molecule has 1 amide bonds. The summed E-state index contributed by atoms with van der Waals surface area (Å²) in [5.74, 6) is 3.41. The minimum Gasteiger partial charge on any atom is -0.353 e. The van der Waals surface area contributed by atoms with E-state index in [9.17, 15) is 4.79 Å². The van der Waals surface area contributed by atoms with Crippen LogP contribution in [-0.4, -0.2) is 36.5 Å². The van der Waals surface area contributed by atoms with Crippen molar-refractivity contribution in [2.24, 2.45) is 5.92 Å². The van der Waals surface area contributed by atoms with Crippen LogP contribution in [0.2, 0.25) is 0 Å². The van der Waals surface area contributed by atoms with Crippen molar-refractivity contribution in [1.82, 2.24) is 10.6 Å². The van der Waals surface area contributed by atoms with Crippen LogP contribution in [0.1, 0.15) is 38.5 Å². The van der Waals surface area contributed by atoms with Gasteiger partial charge in [-0.3, -0.25) is 4.79 Å². The zero-order valence-electron chi connectivity index (χ0n) is 10.5. The minimum atomic E-state index is 0.286. The molecule has 17 heavy (non-hydrogen) atoms. The lowest BCUT2D eigenvalue weighted by Gasteiger charge is -2.22. The maximum absolute atomic E-state index is 12.0. The summed E-state index contributed by atoms with van der Waals surface area (Å²) >= 11 is 2.02. The molecule has 0 radical (unpaired) electrons. The quantitative estimate of drug-likeness (QED) is 0.809. The van der Waals surface area contributed by atoms with Gasteiger partial charge in [0.25, 0.3) is 0 Å². The molecule has 3 nitrogen and oxygen atoms in total. The SMILES string of the molecule is O=C(CC1CCSCC1)NC1CCCNCC1. The highest BCUT2D eigenvalue weighted by molar-refractivity contribution is 7.99. The van der Waals surface area contributed by atoms with Gasteiger partial charge in [0.2, 0.25) is 5.91 Å². The molecule has 2 aliphatic rings. The van der Waals surface area contributed by atoms with Crippen molar-refractivity contribution in [3.63, 3.8) is 0 Å². The number of nitrogens with one attached hydrogen (secondary N) is 2. The van der Waals surface area contributed by atoms with Crippen LogP contribution in [0, 0.1) is 5.92 Å². The van der Waals surface area contributed by atoms with Gasteiger partial charge in [0.15, 0.2) is 0 Å². The number of amides is 1. The Balaban J connectivity index is 1.68. The molecule has 0 saturated carbocycles. The van der Waals surface area contributed by atoms with Crippen LogP contribution in [0.4, 0.5) is 0 Å². The molecule has 98 valence electrons. The average molecular weight is 256 g/mol. The monoisotopic (exact) mass is 256 g/mol. The highest BCUT2D eigenvalue weighted by Crippen LogP contribution is 2.25. The first kappa shape index (κ1) is 13.2. The van der Waals surface area contributed by atoms with Crippen LogP contribution in [0.3, 0.4) is 0 Å². The van der Waals surface area contributed by atoms with E-state index in [0.717, 1.165) is 32.4 Å². The van der Waals surface area contributed by atoms with Crippen molar-refractivity contribution in [2.45, 2.75) is 44.6 Å². The average Bonchev–Trinajstić information content (AvgIpc) is 2.59. The summed E-state index contributed by atoms with van der Waals surface area (Å²) in [7, 11) is 0. The van der Waals surface area contributed by atoms with E-state index >= 15 is 0 Å². The van der Waals surface area contributed by atoms with Crippen molar-refractivity contribution in [3.8, 4) is 0 Å². The molecule has 1 unspecified atom stereocenters. The van der Waals surface area contributed by atoms with Crippen LogP contribution < -0.4 is 10.6 Å². The maximum atomic E-state index is 12.0. The largest absolute Gasteiger partial charge is 0.353 e. The fourth-order valence-corrected chi connectivity index (χ4v) is 3.87. The zero-order valence-corrected chi connectivity index (χ0v) is 11.4. The van der Waals surface area contributed by atoms with Crippen molar-refractivity contribution >= 4 is 17.7 Å². The van der Waals surface area contributed by atoms with E-state index in [2.05, 4.69) is 10.6 Å². The van der Waals surface area contributed by atoms with Crippen molar-refractivity contribution in [1.29, 1.82) is 0 Å². The highest BCUT2D eigenvalue weighted by atomic mass is 32.2. The lowest BCUT2D eigenvalue weighted by Crippen LogP contribution is -2.36. The predicted molar refractivity (Wildman–Crippen MR) is 73.3 cm³/mol. The molecule has 0 spiro atoms. The van der Waals surface area contributed by atoms with Crippen LogP contribution in [0.5, 0.6) is 0 Å². The second kappa shape index (κ2) is 7.27. The first-order valence-corrected chi connectivity index (χ1v) is 8.08. The molecule has 2 saturated heterocycles. The Bertz CT molecular complexity index is 234. The molecule has 0 aliphatic carbocycles. The van der Waals surface area contributed by atoms with Gasteiger partial charge in [-0.25, -0.2) is 0 Å².